The van der Waals surface area contributed by atoms with E-state index in [1.807, 2.05) is 6.07 Å². The van der Waals surface area contributed by atoms with Crippen molar-refractivity contribution in [2.75, 3.05) is 5.32 Å². The van der Waals surface area contributed by atoms with Gasteiger partial charge in [0.15, 0.2) is 0 Å². The molecule has 7 nitrogen and oxygen atoms in total. The lowest BCUT2D eigenvalue weighted by atomic mass is 9.75. The van der Waals surface area contributed by atoms with Crippen LogP contribution in [0.3, 0.4) is 0 Å². The number of anilines is 1. The van der Waals surface area contributed by atoms with Gasteiger partial charge in [-0.15, -0.1) is 0 Å². The Hall–Kier alpha value is -3.61. The number of pyridine rings is 1. The van der Waals surface area contributed by atoms with Gasteiger partial charge >= 0.3 is 0 Å². The van der Waals surface area contributed by atoms with Crippen molar-refractivity contribution >= 4 is 17.6 Å². The second kappa shape index (κ2) is 7.27. The van der Waals surface area contributed by atoms with Gasteiger partial charge in [0.1, 0.15) is 29.2 Å². The topological polar surface area (TPSA) is 113 Å². The molecule has 2 aromatic rings. The number of fused-ring (bicyclic) bond motifs is 1. The molecule has 160 valence electrons. The van der Waals surface area contributed by atoms with Crippen molar-refractivity contribution < 1.29 is 22.7 Å². The highest BCUT2D eigenvalue weighted by atomic mass is 19.3. The lowest BCUT2D eigenvalue weighted by molar-refractivity contribution is -0.0961. The molecule has 4 rings (SSSR count). The quantitative estimate of drug-likeness (QED) is 0.777. The molecule has 3 atom stereocenters. The maximum Gasteiger partial charge on any atom is 0.283 e. The average Bonchev–Trinajstić information content (AvgIpc) is 3.04. The second-order valence-electron chi connectivity index (χ2n) is 7.72. The van der Waals surface area contributed by atoms with Crippen LogP contribution in [-0.4, -0.2) is 28.9 Å². The number of hydrogen-bond donors (Lipinski definition) is 2. The van der Waals surface area contributed by atoms with Gasteiger partial charge in [0, 0.05) is 23.9 Å². The predicted octanol–water partition coefficient (Wildman–Crippen LogP) is 3.32. The van der Waals surface area contributed by atoms with Gasteiger partial charge < -0.3 is 15.8 Å². The molecule has 1 aromatic heterocycles. The van der Waals surface area contributed by atoms with E-state index in [0.29, 0.717) is 0 Å². The van der Waals surface area contributed by atoms with Crippen LogP contribution in [0.1, 0.15) is 41.4 Å². The van der Waals surface area contributed by atoms with Crippen LogP contribution < -0.4 is 11.1 Å². The van der Waals surface area contributed by atoms with Crippen molar-refractivity contribution in [2.24, 2.45) is 16.6 Å². The zero-order valence-corrected chi connectivity index (χ0v) is 16.4. The molecule has 2 heterocycles. The fraction of sp³-hybridized carbons (Fsp3) is 0.333. The number of aliphatic imine (C=N–C) groups is 1. The minimum Gasteiger partial charge on any atom is -0.461 e. The predicted molar refractivity (Wildman–Crippen MR) is 105 cm³/mol. The third-order valence-electron chi connectivity index (χ3n) is 5.70. The third kappa shape index (κ3) is 3.56. The Morgan fingerprint density at radius 1 is 1.35 bits per heavy atom. The van der Waals surface area contributed by atoms with Crippen LogP contribution in [-0.2, 0) is 10.3 Å². The highest BCUT2D eigenvalue weighted by Gasteiger charge is 2.62. The van der Waals surface area contributed by atoms with E-state index in [1.54, 1.807) is 0 Å². The first-order valence-electron chi connectivity index (χ1n) is 9.51. The lowest BCUT2D eigenvalue weighted by Crippen LogP contribution is -2.51. The molecular formula is C21H18F3N5O2. The minimum absolute atomic E-state index is 0.0341. The number of halogens is 3. The Labute approximate surface area is 175 Å². The molecule has 1 aliphatic heterocycles. The van der Waals surface area contributed by atoms with Gasteiger partial charge in [0.25, 0.3) is 17.9 Å². The summed E-state index contributed by atoms with van der Waals surface area (Å²) in [6.07, 6.45) is 0.0149. The van der Waals surface area contributed by atoms with Crippen LogP contribution in [0.15, 0.2) is 41.5 Å². The van der Waals surface area contributed by atoms with Gasteiger partial charge in [0.05, 0.1) is 11.5 Å². The van der Waals surface area contributed by atoms with Crippen molar-refractivity contribution in [3.8, 4) is 6.07 Å². The Kier molecular flexibility index (Phi) is 4.84. The number of aromatic nitrogens is 1. The van der Waals surface area contributed by atoms with E-state index in [4.69, 9.17) is 15.7 Å². The molecule has 0 radical (unpaired) electrons. The van der Waals surface area contributed by atoms with E-state index in [1.165, 1.54) is 37.4 Å². The summed E-state index contributed by atoms with van der Waals surface area (Å²) in [4.78, 5) is 20.4. The molecule has 1 aromatic carbocycles. The average molecular weight is 429 g/mol. The number of nitrogens with zero attached hydrogens (tertiary/aromatic N) is 3. The number of benzene rings is 1. The summed E-state index contributed by atoms with van der Waals surface area (Å²) in [6.45, 7) is 1.39. The number of alkyl halides is 2. The molecule has 10 heteroatoms. The van der Waals surface area contributed by atoms with Gasteiger partial charge in [-0.25, -0.2) is 23.1 Å². The number of nitriles is 1. The maximum absolute atomic E-state index is 14.8. The summed E-state index contributed by atoms with van der Waals surface area (Å²) in [5.74, 6) is -5.89. The first kappa shape index (κ1) is 20.7. The number of carbonyl (C=O) groups is 1. The van der Waals surface area contributed by atoms with Crippen molar-refractivity contribution in [1.82, 2.24) is 4.98 Å². The number of amidine groups is 1. The lowest BCUT2D eigenvalue weighted by Gasteiger charge is -2.41. The monoisotopic (exact) mass is 429 g/mol. The standard InChI is InChI=1S/C21H18F3N5O2/c1-20(17-16(31-19(26)29-20)6-7-21(17,23)24)13-8-12(3-4-14(13)22)28-18(30)15-5-2-11(9-25)10-27-15/h2-5,8,10,16-17H,6-7H2,1H3,(H2,26,29)(H,28,30)/t16-,17+,20-/m1/s1. The molecule has 3 N–H and O–H groups in total. The molecule has 0 unspecified atom stereocenters. The van der Waals surface area contributed by atoms with Crippen molar-refractivity contribution in [3.05, 3.63) is 59.2 Å². The summed E-state index contributed by atoms with van der Waals surface area (Å²) in [5, 5.41) is 11.4. The normalized spacial score (nSPS) is 26.2. The molecule has 0 saturated heterocycles. The van der Waals surface area contributed by atoms with E-state index in [2.05, 4.69) is 15.3 Å². The summed E-state index contributed by atoms with van der Waals surface area (Å²) in [7, 11) is 0. The zero-order chi connectivity index (χ0) is 22.4. The molecule has 0 bridgehead atoms. The highest BCUT2D eigenvalue weighted by molar-refractivity contribution is 6.02. The van der Waals surface area contributed by atoms with Gasteiger partial charge in [-0.2, -0.15) is 5.26 Å². The number of nitrogens with one attached hydrogen (secondary N) is 1. The van der Waals surface area contributed by atoms with E-state index < -0.39 is 41.6 Å². The molecule has 2 aliphatic rings. The Morgan fingerprint density at radius 3 is 2.81 bits per heavy atom. The number of nitrogens with two attached hydrogens (primary N) is 1. The molecule has 1 saturated carbocycles. The third-order valence-corrected chi connectivity index (χ3v) is 5.70. The van der Waals surface area contributed by atoms with E-state index in [9.17, 15) is 18.0 Å². The van der Waals surface area contributed by atoms with Crippen molar-refractivity contribution in [2.45, 2.75) is 37.3 Å². The van der Waals surface area contributed by atoms with Crippen molar-refractivity contribution in [1.29, 1.82) is 5.26 Å². The van der Waals surface area contributed by atoms with Gasteiger partial charge in [-0.05, 0) is 43.7 Å². The van der Waals surface area contributed by atoms with Gasteiger partial charge in [-0.3, -0.25) is 4.79 Å². The Morgan fingerprint density at radius 2 is 2.13 bits per heavy atom. The first-order valence-corrected chi connectivity index (χ1v) is 9.51. The molecule has 1 aliphatic carbocycles. The number of ether oxygens (including phenoxy) is 1. The first-order chi connectivity index (χ1) is 14.6. The SMILES string of the molecule is C[C@]1(c2cc(NC(=O)c3ccc(C#N)cn3)ccc2F)N=C(N)O[C@@H]2CCC(F)(F)[C@@H]21. The molecule has 0 spiro atoms. The summed E-state index contributed by atoms with van der Waals surface area (Å²) < 4.78 is 49.5. The van der Waals surface area contributed by atoms with Gasteiger partial charge in [0.2, 0.25) is 0 Å². The summed E-state index contributed by atoms with van der Waals surface area (Å²) in [6, 6.07) is 8.06. The Balaban J connectivity index is 1.69. The molecule has 31 heavy (non-hydrogen) atoms. The Bertz CT molecular complexity index is 1110. The van der Waals surface area contributed by atoms with E-state index in [-0.39, 0.29) is 35.0 Å². The van der Waals surface area contributed by atoms with Crippen LogP contribution >= 0.6 is 0 Å². The molecule has 1 fully saturated rings. The van der Waals surface area contributed by atoms with Gasteiger partial charge in [-0.1, -0.05) is 0 Å². The minimum atomic E-state index is -3.12. The van der Waals surface area contributed by atoms with Crippen LogP contribution in [0.5, 0.6) is 0 Å². The summed E-state index contributed by atoms with van der Waals surface area (Å²) in [5.41, 5.74) is 4.40. The number of rotatable bonds is 3. The van der Waals surface area contributed by atoms with Crippen LogP contribution in [0.2, 0.25) is 0 Å². The number of carbonyl (C=O) groups excluding carboxylic acids is 1. The zero-order valence-electron chi connectivity index (χ0n) is 16.4. The van der Waals surface area contributed by atoms with E-state index >= 15 is 0 Å². The fourth-order valence-corrected chi connectivity index (χ4v) is 4.32. The summed E-state index contributed by atoms with van der Waals surface area (Å²) >= 11 is 0. The fourth-order valence-electron chi connectivity index (χ4n) is 4.32. The van der Waals surface area contributed by atoms with Crippen LogP contribution in [0.25, 0.3) is 0 Å². The molecule has 1 amide bonds. The number of amides is 1. The van der Waals surface area contributed by atoms with Crippen LogP contribution in [0.4, 0.5) is 18.9 Å². The van der Waals surface area contributed by atoms with E-state index in [0.717, 1.165) is 6.07 Å². The van der Waals surface area contributed by atoms with Crippen LogP contribution in [0, 0.1) is 23.1 Å². The number of hydrogen-bond acceptors (Lipinski definition) is 6. The highest BCUT2D eigenvalue weighted by Crippen LogP contribution is 2.54. The van der Waals surface area contributed by atoms with Crippen molar-refractivity contribution in [3.63, 3.8) is 0 Å². The largest absolute Gasteiger partial charge is 0.461 e. The maximum atomic E-state index is 14.8. The smallest absolute Gasteiger partial charge is 0.283 e. The second-order valence-corrected chi connectivity index (χ2v) is 7.72. The molecular weight excluding hydrogens is 411 g/mol.